The highest BCUT2D eigenvalue weighted by Gasteiger charge is 2.66. The molecule has 1 saturated carbocycles. The number of hydrogen-bond donors (Lipinski definition) is 3. The maximum absolute atomic E-state index is 12.6. The van der Waals surface area contributed by atoms with Crippen LogP contribution in [0.25, 0.3) is 0 Å². The predicted octanol–water partition coefficient (Wildman–Crippen LogP) is 4.71. The summed E-state index contributed by atoms with van der Waals surface area (Å²) in [6.07, 6.45) is 6.53. The zero-order valence-electron chi connectivity index (χ0n) is 17.1. The lowest BCUT2D eigenvalue weighted by Crippen LogP contribution is -2.65. The lowest BCUT2D eigenvalue weighted by atomic mass is 9.48. The summed E-state index contributed by atoms with van der Waals surface area (Å²) in [6.45, 7) is 15.2. The topological polar surface area (TPSA) is 77.8 Å². The first-order valence-electron chi connectivity index (χ1n) is 9.88. The predicted molar refractivity (Wildman–Crippen MR) is 106 cm³/mol. The number of aliphatic hydroxyl groups excluding tert-OH is 1. The Kier molecular flexibility index (Phi) is 7.67. The van der Waals surface area contributed by atoms with Crippen molar-refractivity contribution < 1.29 is 20.1 Å². The summed E-state index contributed by atoms with van der Waals surface area (Å²) in [6, 6.07) is 0. The Morgan fingerprint density at radius 2 is 2.00 bits per heavy atom. The Balaban J connectivity index is 3.29. The number of carboxylic acids is 1. The van der Waals surface area contributed by atoms with Crippen molar-refractivity contribution in [3.63, 3.8) is 0 Å². The van der Waals surface area contributed by atoms with Crippen molar-refractivity contribution in [3.8, 4) is 0 Å². The minimum absolute atomic E-state index is 0.0276. The van der Waals surface area contributed by atoms with Gasteiger partial charge in [-0.2, -0.15) is 0 Å². The van der Waals surface area contributed by atoms with Crippen LogP contribution in [0.3, 0.4) is 0 Å². The zero-order chi connectivity index (χ0) is 20.2. The van der Waals surface area contributed by atoms with Crippen molar-refractivity contribution in [2.75, 3.05) is 0 Å². The van der Waals surface area contributed by atoms with E-state index in [2.05, 4.69) is 13.2 Å². The maximum Gasteiger partial charge on any atom is 0.313 e. The molecule has 4 heteroatoms. The summed E-state index contributed by atoms with van der Waals surface area (Å²) < 4.78 is 0. The molecule has 0 aromatic heterocycles. The minimum atomic E-state index is -1.53. The van der Waals surface area contributed by atoms with Gasteiger partial charge in [0.15, 0.2) is 0 Å². The molecule has 0 radical (unpaired) electrons. The first-order chi connectivity index (χ1) is 11.9. The lowest BCUT2D eigenvalue weighted by molar-refractivity contribution is -0.202. The largest absolute Gasteiger partial charge is 0.481 e. The highest BCUT2D eigenvalue weighted by Crippen LogP contribution is 2.59. The zero-order valence-corrected chi connectivity index (χ0v) is 17.1. The summed E-state index contributed by atoms with van der Waals surface area (Å²) in [5.41, 5.74) is -3.18. The number of aliphatic carboxylic acids is 1. The van der Waals surface area contributed by atoms with Gasteiger partial charge < -0.3 is 15.3 Å². The van der Waals surface area contributed by atoms with Gasteiger partial charge in [-0.05, 0) is 61.9 Å². The van der Waals surface area contributed by atoms with Crippen LogP contribution in [0.5, 0.6) is 0 Å². The minimum Gasteiger partial charge on any atom is -0.481 e. The molecule has 0 saturated heterocycles. The molecule has 1 rings (SSSR count). The third-order valence-corrected chi connectivity index (χ3v) is 6.40. The molecule has 26 heavy (non-hydrogen) atoms. The van der Waals surface area contributed by atoms with Gasteiger partial charge in [0.2, 0.25) is 0 Å². The summed E-state index contributed by atoms with van der Waals surface area (Å²) in [4.78, 5) is 12.6. The molecule has 0 spiro atoms. The van der Waals surface area contributed by atoms with E-state index in [1.807, 2.05) is 33.8 Å². The SMILES string of the molecule is C=CCCCCC(O)CC(C(=O)O)(C(C)(C)C)C1(O)C(=C)CCCC1C. The third kappa shape index (κ3) is 4.07. The molecule has 4 nitrogen and oxygen atoms in total. The normalized spacial score (nSPS) is 27.6. The van der Waals surface area contributed by atoms with Crippen LogP contribution in [0.4, 0.5) is 0 Å². The lowest BCUT2D eigenvalue weighted by Gasteiger charge is -2.57. The Labute approximate surface area is 159 Å². The fraction of sp³-hybridized carbons (Fsp3) is 0.773. The summed E-state index contributed by atoms with van der Waals surface area (Å²) in [5, 5.41) is 32.8. The summed E-state index contributed by atoms with van der Waals surface area (Å²) >= 11 is 0. The number of rotatable bonds is 9. The first-order valence-corrected chi connectivity index (χ1v) is 9.88. The number of aliphatic hydroxyl groups is 2. The monoisotopic (exact) mass is 366 g/mol. The van der Waals surface area contributed by atoms with Gasteiger partial charge in [-0.15, -0.1) is 6.58 Å². The third-order valence-electron chi connectivity index (χ3n) is 6.40. The van der Waals surface area contributed by atoms with Crippen LogP contribution < -0.4 is 0 Å². The van der Waals surface area contributed by atoms with E-state index in [4.69, 9.17) is 0 Å². The number of hydrogen-bond acceptors (Lipinski definition) is 3. The molecule has 1 fully saturated rings. The molecule has 1 aliphatic carbocycles. The highest BCUT2D eigenvalue weighted by molar-refractivity contribution is 5.79. The Hall–Kier alpha value is -1.13. The van der Waals surface area contributed by atoms with E-state index in [1.54, 1.807) is 0 Å². The Morgan fingerprint density at radius 1 is 1.38 bits per heavy atom. The van der Waals surface area contributed by atoms with Crippen molar-refractivity contribution in [3.05, 3.63) is 24.8 Å². The van der Waals surface area contributed by atoms with E-state index in [0.29, 0.717) is 18.4 Å². The fourth-order valence-corrected chi connectivity index (χ4v) is 4.82. The van der Waals surface area contributed by atoms with Crippen molar-refractivity contribution in [1.29, 1.82) is 0 Å². The average Bonchev–Trinajstić information content (AvgIpc) is 2.52. The second-order valence-corrected chi connectivity index (χ2v) is 9.05. The van der Waals surface area contributed by atoms with Gasteiger partial charge in [0.1, 0.15) is 11.0 Å². The molecule has 150 valence electrons. The van der Waals surface area contributed by atoms with Crippen molar-refractivity contribution in [2.45, 2.75) is 90.8 Å². The van der Waals surface area contributed by atoms with Crippen LogP contribution >= 0.6 is 0 Å². The van der Waals surface area contributed by atoms with Gasteiger partial charge in [0.25, 0.3) is 0 Å². The van der Waals surface area contributed by atoms with E-state index in [1.165, 1.54) is 0 Å². The van der Waals surface area contributed by atoms with E-state index in [0.717, 1.165) is 32.1 Å². The Bertz CT molecular complexity index is 519. The quantitative estimate of drug-likeness (QED) is 0.408. The molecule has 0 aromatic carbocycles. The van der Waals surface area contributed by atoms with Gasteiger partial charge in [-0.3, -0.25) is 4.79 Å². The molecule has 0 aromatic rings. The van der Waals surface area contributed by atoms with Gasteiger partial charge in [-0.25, -0.2) is 0 Å². The standard InChI is InChI=1S/C22H38O4/c1-7-8-9-10-14-18(23)15-21(19(24)25,20(4,5)6)22(26)16(2)12-11-13-17(22)3/h7,17-18,23,26H,1-2,8-15H2,3-6H3,(H,24,25). The number of allylic oxidation sites excluding steroid dienone is 1. The summed E-state index contributed by atoms with van der Waals surface area (Å²) in [5.74, 6) is -1.26. The van der Waals surface area contributed by atoms with Crippen LogP contribution in [0.2, 0.25) is 0 Å². The van der Waals surface area contributed by atoms with E-state index < -0.39 is 28.5 Å². The van der Waals surface area contributed by atoms with Crippen molar-refractivity contribution in [2.24, 2.45) is 16.7 Å². The molecule has 4 atom stereocenters. The van der Waals surface area contributed by atoms with Crippen LogP contribution in [0.15, 0.2) is 24.8 Å². The van der Waals surface area contributed by atoms with Crippen LogP contribution in [0, 0.1) is 16.7 Å². The second-order valence-electron chi connectivity index (χ2n) is 9.05. The van der Waals surface area contributed by atoms with Gasteiger partial charge in [-0.1, -0.05) is 46.8 Å². The average molecular weight is 367 g/mol. The molecule has 1 aliphatic rings. The van der Waals surface area contributed by atoms with E-state index >= 15 is 0 Å². The van der Waals surface area contributed by atoms with Crippen LogP contribution in [-0.4, -0.2) is 33.0 Å². The number of unbranched alkanes of at least 4 members (excludes halogenated alkanes) is 2. The maximum atomic E-state index is 12.6. The number of carbonyl (C=O) groups is 1. The van der Waals surface area contributed by atoms with Crippen molar-refractivity contribution >= 4 is 5.97 Å². The summed E-state index contributed by atoms with van der Waals surface area (Å²) in [7, 11) is 0. The van der Waals surface area contributed by atoms with Crippen molar-refractivity contribution in [1.82, 2.24) is 0 Å². The molecular formula is C22H38O4. The van der Waals surface area contributed by atoms with Gasteiger partial charge in [0, 0.05) is 0 Å². The molecule has 0 amide bonds. The van der Waals surface area contributed by atoms with Gasteiger partial charge >= 0.3 is 5.97 Å². The van der Waals surface area contributed by atoms with Crippen LogP contribution in [-0.2, 0) is 4.79 Å². The molecule has 3 N–H and O–H groups in total. The fourth-order valence-electron chi connectivity index (χ4n) is 4.82. The van der Waals surface area contributed by atoms with Crippen LogP contribution in [0.1, 0.15) is 79.1 Å². The van der Waals surface area contributed by atoms with E-state index in [9.17, 15) is 20.1 Å². The first kappa shape index (κ1) is 22.9. The molecular weight excluding hydrogens is 328 g/mol. The number of carboxylic acid groups (broad SMARTS) is 1. The van der Waals surface area contributed by atoms with E-state index in [-0.39, 0.29) is 12.3 Å². The molecule has 0 bridgehead atoms. The Morgan fingerprint density at radius 3 is 2.46 bits per heavy atom. The second kappa shape index (κ2) is 8.71. The molecule has 4 unspecified atom stereocenters. The molecule has 0 aliphatic heterocycles. The smallest absolute Gasteiger partial charge is 0.313 e. The van der Waals surface area contributed by atoms with Gasteiger partial charge in [0.05, 0.1) is 6.10 Å². The highest BCUT2D eigenvalue weighted by atomic mass is 16.4. The molecule has 0 heterocycles.